The van der Waals surface area contributed by atoms with Crippen molar-refractivity contribution in [1.82, 2.24) is 5.32 Å². The maximum Gasteiger partial charge on any atom is 0.407 e. The minimum atomic E-state index is -1.15. The van der Waals surface area contributed by atoms with Crippen LogP contribution in [-0.4, -0.2) is 35.7 Å². The summed E-state index contributed by atoms with van der Waals surface area (Å²) in [6.07, 6.45) is -0.329. The third-order valence-corrected chi connectivity index (χ3v) is 6.07. The highest BCUT2D eigenvalue weighted by Crippen LogP contribution is 2.44. The van der Waals surface area contributed by atoms with Crippen LogP contribution in [-0.2, 0) is 9.53 Å². The van der Waals surface area contributed by atoms with Gasteiger partial charge in [0.15, 0.2) is 0 Å². The lowest BCUT2D eigenvalue weighted by atomic mass is 9.98. The predicted molar refractivity (Wildman–Crippen MR) is 133 cm³/mol. The van der Waals surface area contributed by atoms with Gasteiger partial charge in [0.1, 0.15) is 12.6 Å². The molecule has 1 atom stereocenters. The van der Waals surface area contributed by atoms with E-state index < -0.39 is 24.0 Å². The Morgan fingerprint density at radius 3 is 2.06 bits per heavy atom. The third kappa shape index (κ3) is 5.35. The largest absolute Gasteiger partial charge is 0.478 e. The number of rotatable bonds is 8. The lowest BCUT2D eigenvalue weighted by molar-refractivity contribution is -0.118. The number of ether oxygens (including phenoxy) is 1. The summed E-state index contributed by atoms with van der Waals surface area (Å²) in [5.41, 5.74) is 4.61. The number of benzene rings is 3. The first-order valence-electron chi connectivity index (χ1n) is 11.6. The van der Waals surface area contributed by atoms with E-state index in [2.05, 4.69) is 22.8 Å². The summed E-state index contributed by atoms with van der Waals surface area (Å²) in [5, 5.41) is 14.7. The number of anilines is 1. The quantitative estimate of drug-likeness (QED) is 0.414. The monoisotopic (exact) mass is 472 g/mol. The number of carbonyl (C=O) groups is 3. The molecule has 0 fully saturated rings. The number of fused-ring (bicyclic) bond motifs is 3. The first kappa shape index (κ1) is 24.0. The number of carbonyl (C=O) groups excluding carboxylic acids is 2. The van der Waals surface area contributed by atoms with E-state index in [1.807, 2.05) is 50.2 Å². The third-order valence-electron chi connectivity index (χ3n) is 6.07. The Bertz CT molecular complexity index is 1210. The molecule has 1 aliphatic rings. The second-order valence-electron chi connectivity index (χ2n) is 8.99. The molecule has 0 aromatic heterocycles. The van der Waals surface area contributed by atoms with E-state index in [1.54, 1.807) is 12.1 Å². The number of alkyl carbamates (subject to hydrolysis) is 1. The number of nitrogens with one attached hydrogen (secondary N) is 2. The van der Waals surface area contributed by atoms with Crippen molar-refractivity contribution in [2.45, 2.75) is 32.2 Å². The normalized spacial score (nSPS) is 13.0. The van der Waals surface area contributed by atoms with Gasteiger partial charge in [-0.2, -0.15) is 0 Å². The molecule has 3 aromatic rings. The molecule has 0 aliphatic heterocycles. The fourth-order valence-electron chi connectivity index (χ4n) is 4.48. The van der Waals surface area contributed by atoms with E-state index in [1.165, 1.54) is 12.1 Å². The van der Waals surface area contributed by atoms with E-state index in [-0.39, 0.29) is 29.7 Å². The zero-order chi connectivity index (χ0) is 24.9. The highest BCUT2D eigenvalue weighted by Gasteiger charge is 2.30. The van der Waals surface area contributed by atoms with Crippen LogP contribution < -0.4 is 10.6 Å². The van der Waals surface area contributed by atoms with Crippen molar-refractivity contribution < 1.29 is 24.2 Å². The van der Waals surface area contributed by atoms with E-state index in [0.717, 1.165) is 22.3 Å². The first-order chi connectivity index (χ1) is 16.8. The predicted octanol–water partition coefficient (Wildman–Crippen LogP) is 5.28. The van der Waals surface area contributed by atoms with Gasteiger partial charge in [-0.1, -0.05) is 74.5 Å². The van der Waals surface area contributed by atoms with Gasteiger partial charge in [-0.15, -0.1) is 0 Å². The molecule has 0 saturated heterocycles. The summed E-state index contributed by atoms with van der Waals surface area (Å²) in [7, 11) is 0. The molecule has 35 heavy (non-hydrogen) atoms. The molecular formula is C28H28N2O5. The van der Waals surface area contributed by atoms with Crippen LogP contribution in [0, 0.1) is 5.92 Å². The van der Waals surface area contributed by atoms with Gasteiger partial charge in [-0.3, -0.25) is 4.79 Å². The average molecular weight is 473 g/mol. The Morgan fingerprint density at radius 2 is 1.46 bits per heavy atom. The molecule has 1 aliphatic carbocycles. The Labute approximate surface area is 204 Å². The van der Waals surface area contributed by atoms with Gasteiger partial charge in [0.2, 0.25) is 5.91 Å². The van der Waals surface area contributed by atoms with Crippen LogP contribution in [0.4, 0.5) is 10.5 Å². The molecule has 2 amide bonds. The molecule has 0 unspecified atom stereocenters. The van der Waals surface area contributed by atoms with Crippen LogP contribution >= 0.6 is 0 Å². The first-order valence-corrected chi connectivity index (χ1v) is 11.6. The number of amides is 2. The molecular weight excluding hydrogens is 444 g/mol. The molecule has 7 heteroatoms. The van der Waals surface area contributed by atoms with E-state index >= 15 is 0 Å². The highest BCUT2D eigenvalue weighted by molar-refractivity contribution is 6.02. The van der Waals surface area contributed by atoms with E-state index in [0.29, 0.717) is 6.42 Å². The summed E-state index contributed by atoms with van der Waals surface area (Å²) >= 11 is 0. The van der Waals surface area contributed by atoms with Gasteiger partial charge in [0.25, 0.3) is 0 Å². The summed E-state index contributed by atoms with van der Waals surface area (Å²) in [5.74, 6) is -1.63. The number of carboxylic acids is 1. The number of hydrogen-bond donors (Lipinski definition) is 3. The van der Waals surface area contributed by atoms with Crippen molar-refractivity contribution in [1.29, 1.82) is 0 Å². The summed E-state index contributed by atoms with van der Waals surface area (Å²) in [6, 6.07) is 21.4. The summed E-state index contributed by atoms with van der Waals surface area (Å²) < 4.78 is 5.59. The smallest absolute Gasteiger partial charge is 0.407 e. The average Bonchev–Trinajstić information content (AvgIpc) is 3.16. The van der Waals surface area contributed by atoms with Crippen LogP contribution in [0.25, 0.3) is 11.1 Å². The SMILES string of the molecule is CC(C)C[C@H](NC(=O)OCC1c2ccccc2-c2ccccc21)C(=O)Nc1ccccc1C(=O)O. The second-order valence-corrected chi connectivity index (χ2v) is 8.99. The standard InChI is InChI=1S/C28H28N2O5/c1-17(2)15-25(26(31)29-24-14-8-7-13-22(24)27(32)33)30-28(34)35-16-23-20-11-5-3-9-18(20)19-10-4-6-12-21(19)23/h3-14,17,23,25H,15-16H2,1-2H3,(H,29,31)(H,30,34)(H,32,33)/t25-/m0/s1. The van der Waals surface area contributed by atoms with Crippen molar-refractivity contribution in [3.63, 3.8) is 0 Å². The van der Waals surface area contributed by atoms with Gasteiger partial charge in [-0.05, 0) is 46.7 Å². The topological polar surface area (TPSA) is 105 Å². The number of carboxylic acid groups (broad SMARTS) is 1. The lowest BCUT2D eigenvalue weighted by Gasteiger charge is -2.21. The van der Waals surface area contributed by atoms with Crippen molar-refractivity contribution >= 4 is 23.7 Å². The molecule has 3 aromatic carbocycles. The number of para-hydroxylation sites is 1. The fraction of sp³-hybridized carbons (Fsp3) is 0.250. The van der Waals surface area contributed by atoms with Gasteiger partial charge in [-0.25, -0.2) is 9.59 Å². The van der Waals surface area contributed by atoms with Gasteiger partial charge in [0, 0.05) is 5.92 Å². The zero-order valence-electron chi connectivity index (χ0n) is 19.7. The maximum absolute atomic E-state index is 13.0. The fourth-order valence-corrected chi connectivity index (χ4v) is 4.48. The molecule has 3 N–H and O–H groups in total. The molecule has 0 spiro atoms. The van der Waals surface area contributed by atoms with Crippen molar-refractivity contribution in [2.75, 3.05) is 11.9 Å². The summed E-state index contributed by atoms with van der Waals surface area (Å²) in [6.45, 7) is 4.01. The van der Waals surface area contributed by atoms with Crippen LogP contribution in [0.2, 0.25) is 0 Å². The van der Waals surface area contributed by atoms with E-state index in [9.17, 15) is 19.5 Å². The molecule has 180 valence electrons. The van der Waals surface area contributed by atoms with Gasteiger partial charge < -0.3 is 20.5 Å². The molecule has 0 heterocycles. The maximum atomic E-state index is 13.0. The summed E-state index contributed by atoms with van der Waals surface area (Å²) in [4.78, 5) is 37.2. The van der Waals surface area contributed by atoms with E-state index in [4.69, 9.17) is 4.74 Å². The molecule has 4 rings (SSSR count). The minimum absolute atomic E-state index is 0.0229. The minimum Gasteiger partial charge on any atom is -0.478 e. The van der Waals surface area contributed by atoms with Crippen molar-refractivity contribution in [2.24, 2.45) is 5.92 Å². The van der Waals surface area contributed by atoms with Gasteiger partial charge >= 0.3 is 12.1 Å². The Morgan fingerprint density at radius 1 is 0.886 bits per heavy atom. The molecule has 7 nitrogen and oxygen atoms in total. The van der Waals surface area contributed by atoms with Crippen LogP contribution in [0.3, 0.4) is 0 Å². The Kier molecular flexibility index (Phi) is 7.15. The van der Waals surface area contributed by atoms with Crippen LogP contribution in [0.15, 0.2) is 72.8 Å². The lowest BCUT2D eigenvalue weighted by Crippen LogP contribution is -2.45. The Balaban J connectivity index is 1.44. The second kappa shape index (κ2) is 10.4. The molecule has 0 radical (unpaired) electrons. The van der Waals surface area contributed by atoms with Crippen LogP contribution in [0.5, 0.6) is 0 Å². The molecule has 0 bridgehead atoms. The van der Waals surface area contributed by atoms with Crippen molar-refractivity contribution in [3.05, 3.63) is 89.5 Å². The van der Waals surface area contributed by atoms with Gasteiger partial charge in [0.05, 0.1) is 11.3 Å². The molecule has 0 saturated carbocycles. The Hall–Kier alpha value is -4.13. The van der Waals surface area contributed by atoms with Crippen molar-refractivity contribution in [3.8, 4) is 11.1 Å². The van der Waals surface area contributed by atoms with Crippen LogP contribution in [0.1, 0.15) is 47.7 Å². The highest BCUT2D eigenvalue weighted by atomic mass is 16.5. The zero-order valence-corrected chi connectivity index (χ0v) is 19.7. The number of hydrogen-bond acceptors (Lipinski definition) is 4. The number of aromatic carboxylic acids is 1.